The van der Waals surface area contributed by atoms with Crippen LogP contribution < -0.4 is 5.32 Å². The van der Waals surface area contributed by atoms with Gasteiger partial charge in [0.25, 0.3) is 0 Å². The Labute approximate surface area is 98.0 Å². The summed E-state index contributed by atoms with van der Waals surface area (Å²) in [5.74, 6) is 0.607. The van der Waals surface area contributed by atoms with Crippen molar-refractivity contribution in [1.82, 2.24) is 5.32 Å². The molecular weight excluding hydrogens is 198 g/mol. The van der Waals surface area contributed by atoms with E-state index in [4.69, 9.17) is 4.74 Å². The second kappa shape index (κ2) is 4.98. The molecule has 0 spiro atoms. The van der Waals surface area contributed by atoms with Gasteiger partial charge in [0, 0.05) is 13.1 Å². The van der Waals surface area contributed by atoms with Crippen LogP contribution in [-0.2, 0) is 4.74 Å². The Kier molecular flexibility index (Phi) is 3.62. The number of aryl methyl sites for hydroxylation is 2. The van der Waals surface area contributed by atoms with Crippen molar-refractivity contribution in [2.24, 2.45) is 5.92 Å². The molecule has 0 aromatic heterocycles. The molecule has 1 N–H and O–H groups in total. The van der Waals surface area contributed by atoms with Gasteiger partial charge in [-0.15, -0.1) is 0 Å². The molecule has 2 nitrogen and oxygen atoms in total. The molecule has 0 aliphatic carbocycles. The molecule has 0 bridgehead atoms. The molecule has 88 valence electrons. The van der Waals surface area contributed by atoms with Crippen molar-refractivity contribution in [1.29, 1.82) is 0 Å². The normalized spacial score (nSPS) is 26.4. The minimum Gasteiger partial charge on any atom is -0.372 e. The molecule has 1 aromatic rings. The van der Waals surface area contributed by atoms with Crippen molar-refractivity contribution >= 4 is 0 Å². The maximum absolute atomic E-state index is 5.95. The second-order valence-corrected chi connectivity index (χ2v) is 5.01. The highest BCUT2D eigenvalue weighted by Crippen LogP contribution is 2.22. The third kappa shape index (κ3) is 2.83. The van der Waals surface area contributed by atoms with E-state index >= 15 is 0 Å². The maximum atomic E-state index is 5.95. The molecule has 2 atom stereocenters. The second-order valence-electron chi connectivity index (χ2n) is 5.01. The van der Waals surface area contributed by atoms with Crippen molar-refractivity contribution in [2.45, 2.75) is 26.9 Å². The van der Waals surface area contributed by atoms with Crippen LogP contribution in [-0.4, -0.2) is 19.7 Å². The summed E-state index contributed by atoms with van der Waals surface area (Å²) < 4.78 is 5.95. The van der Waals surface area contributed by atoms with Crippen LogP contribution in [0, 0.1) is 19.8 Å². The summed E-state index contributed by atoms with van der Waals surface area (Å²) in [4.78, 5) is 0. The first-order chi connectivity index (χ1) is 7.65. The quantitative estimate of drug-likeness (QED) is 0.784. The Morgan fingerprint density at radius 2 is 1.81 bits per heavy atom. The van der Waals surface area contributed by atoms with Gasteiger partial charge in [0.1, 0.15) is 0 Å². The van der Waals surface area contributed by atoms with Gasteiger partial charge in [0.2, 0.25) is 0 Å². The molecule has 1 aliphatic heterocycles. The standard InChI is InChI=1S/C14H21NO/c1-10-4-11(2)6-13(5-10)14-8-15-7-12(3)9-16-14/h4-6,12,14-15H,7-9H2,1-3H3. The first-order valence-electron chi connectivity index (χ1n) is 6.05. The summed E-state index contributed by atoms with van der Waals surface area (Å²) >= 11 is 0. The Morgan fingerprint density at radius 3 is 2.50 bits per heavy atom. The lowest BCUT2D eigenvalue weighted by Crippen LogP contribution is -2.22. The van der Waals surface area contributed by atoms with Crippen LogP contribution in [0.5, 0.6) is 0 Å². The number of nitrogens with one attached hydrogen (secondary N) is 1. The Morgan fingerprint density at radius 1 is 1.12 bits per heavy atom. The molecule has 2 unspecified atom stereocenters. The highest BCUT2D eigenvalue weighted by Gasteiger charge is 2.17. The fourth-order valence-electron chi connectivity index (χ4n) is 2.27. The van der Waals surface area contributed by atoms with E-state index in [9.17, 15) is 0 Å². The van der Waals surface area contributed by atoms with Gasteiger partial charge >= 0.3 is 0 Å². The fraction of sp³-hybridized carbons (Fsp3) is 0.571. The van der Waals surface area contributed by atoms with Gasteiger partial charge < -0.3 is 10.1 Å². The highest BCUT2D eigenvalue weighted by atomic mass is 16.5. The van der Waals surface area contributed by atoms with Crippen LogP contribution in [0.15, 0.2) is 18.2 Å². The van der Waals surface area contributed by atoms with E-state index in [0.29, 0.717) is 5.92 Å². The summed E-state index contributed by atoms with van der Waals surface area (Å²) in [5.41, 5.74) is 3.94. The van der Waals surface area contributed by atoms with Gasteiger partial charge in [-0.3, -0.25) is 0 Å². The third-order valence-corrected chi connectivity index (χ3v) is 3.02. The largest absolute Gasteiger partial charge is 0.372 e. The number of hydrogen-bond donors (Lipinski definition) is 1. The summed E-state index contributed by atoms with van der Waals surface area (Å²) in [6.07, 6.45) is 0.212. The van der Waals surface area contributed by atoms with E-state index in [1.165, 1.54) is 16.7 Å². The van der Waals surface area contributed by atoms with Crippen molar-refractivity contribution in [3.63, 3.8) is 0 Å². The van der Waals surface area contributed by atoms with Gasteiger partial charge in [-0.05, 0) is 25.3 Å². The van der Waals surface area contributed by atoms with E-state index in [0.717, 1.165) is 19.7 Å². The van der Waals surface area contributed by atoms with Crippen LogP contribution in [0.2, 0.25) is 0 Å². The van der Waals surface area contributed by atoms with Crippen LogP contribution in [0.4, 0.5) is 0 Å². The van der Waals surface area contributed by atoms with Crippen molar-refractivity contribution < 1.29 is 4.74 Å². The zero-order valence-corrected chi connectivity index (χ0v) is 10.4. The topological polar surface area (TPSA) is 21.3 Å². The molecule has 0 amide bonds. The van der Waals surface area contributed by atoms with Gasteiger partial charge in [-0.1, -0.05) is 36.2 Å². The summed E-state index contributed by atoms with van der Waals surface area (Å²) in [7, 11) is 0. The molecule has 0 radical (unpaired) electrons. The molecule has 1 saturated heterocycles. The highest BCUT2D eigenvalue weighted by molar-refractivity contribution is 5.30. The minimum absolute atomic E-state index is 0.212. The molecular formula is C14H21NO. The van der Waals surface area contributed by atoms with Crippen molar-refractivity contribution in [3.05, 3.63) is 34.9 Å². The minimum atomic E-state index is 0.212. The van der Waals surface area contributed by atoms with E-state index in [1.54, 1.807) is 0 Å². The van der Waals surface area contributed by atoms with Crippen molar-refractivity contribution in [3.8, 4) is 0 Å². The van der Waals surface area contributed by atoms with Crippen LogP contribution in [0.3, 0.4) is 0 Å². The summed E-state index contributed by atoms with van der Waals surface area (Å²) in [5, 5.41) is 3.46. The summed E-state index contributed by atoms with van der Waals surface area (Å²) in [6.45, 7) is 9.34. The molecule has 1 aromatic carbocycles. The zero-order chi connectivity index (χ0) is 11.5. The molecule has 0 saturated carbocycles. The van der Waals surface area contributed by atoms with Crippen LogP contribution in [0.1, 0.15) is 29.7 Å². The molecule has 2 rings (SSSR count). The van der Waals surface area contributed by atoms with E-state index in [1.807, 2.05) is 0 Å². The Balaban J connectivity index is 2.16. The van der Waals surface area contributed by atoms with Gasteiger partial charge in [-0.2, -0.15) is 0 Å². The summed E-state index contributed by atoms with van der Waals surface area (Å²) in [6, 6.07) is 6.67. The average molecular weight is 219 g/mol. The Hall–Kier alpha value is -0.860. The third-order valence-electron chi connectivity index (χ3n) is 3.02. The smallest absolute Gasteiger partial charge is 0.0949 e. The SMILES string of the molecule is Cc1cc(C)cc(C2CNCC(C)CO2)c1. The zero-order valence-electron chi connectivity index (χ0n) is 10.4. The Bertz CT molecular complexity index is 342. The number of ether oxygens (including phenoxy) is 1. The van der Waals surface area contributed by atoms with E-state index in [2.05, 4.69) is 44.3 Å². The van der Waals surface area contributed by atoms with Crippen LogP contribution in [0.25, 0.3) is 0 Å². The molecule has 1 aliphatic rings. The number of benzene rings is 1. The predicted octanol–water partition coefficient (Wildman–Crippen LogP) is 2.60. The lowest BCUT2D eigenvalue weighted by Gasteiger charge is -2.17. The maximum Gasteiger partial charge on any atom is 0.0949 e. The lowest BCUT2D eigenvalue weighted by atomic mass is 10.0. The molecule has 2 heteroatoms. The first-order valence-corrected chi connectivity index (χ1v) is 6.05. The average Bonchev–Trinajstić information content (AvgIpc) is 2.41. The van der Waals surface area contributed by atoms with Gasteiger partial charge in [-0.25, -0.2) is 0 Å². The first kappa shape index (κ1) is 11.6. The van der Waals surface area contributed by atoms with Crippen molar-refractivity contribution in [2.75, 3.05) is 19.7 Å². The van der Waals surface area contributed by atoms with Gasteiger partial charge in [0.05, 0.1) is 12.7 Å². The van der Waals surface area contributed by atoms with Crippen LogP contribution >= 0.6 is 0 Å². The fourth-order valence-corrected chi connectivity index (χ4v) is 2.27. The van der Waals surface area contributed by atoms with E-state index < -0.39 is 0 Å². The molecule has 16 heavy (non-hydrogen) atoms. The molecule has 1 fully saturated rings. The monoisotopic (exact) mass is 219 g/mol. The predicted molar refractivity (Wildman–Crippen MR) is 66.6 cm³/mol. The lowest BCUT2D eigenvalue weighted by molar-refractivity contribution is 0.0514. The number of rotatable bonds is 1. The molecule has 1 heterocycles. The van der Waals surface area contributed by atoms with Gasteiger partial charge in [0.15, 0.2) is 0 Å². The number of hydrogen-bond acceptors (Lipinski definition) is 2. The van der Waals surface area contributed by atoms with E-state index in [-0.39, 0.29) is 6.10 Å².